The summed E-state index contributed by atoms with van der Waals surface area (Å²) in [5.74, 6) is -0.206. The molecule has 2 atom stereocenters. The van der Waals surface area contributed by atoms with E-state index in [-0.39, 0.29) is 29.4 Å². The van der Waals surface area contributed by atoms with E-state index in [0.717, 1.165) is 30.2 Å². The lowest BCUT2D eigenvalue weighted by Crippen LogP contribution is -2.48. The minimum Gasteiger partial charge on any atom is -0.465 e. The van der Waals surface area contributed by atoms with Crippen LogP contribution in [-0.2, 0) is 0 Å². The Balaban J connectivity index is 1.61. The van der Waals surface area contributed by atoms with Gasteiger partial charge in [-0.25, -0.2) is 9.78 Å². The molecule has 1 fully saturated rings. The number of benzene rings is 1. The van der Waals surface area contributed by atoms with Crippen LogP contribution in [0.5, 0.6) is 0 Å². The van der Waals surface area contributed by atoms with Crippen molar-refractivity contribution in [1.82, 2.24) is 30.3 Å². The summed E-state index contributed by atoms with van der Waals surface area (Å²) in [6.07, 6.45) is 6.79. The molecule has 1 aromatic carbocycles. The maximum Gasteiger partial charge on any atom is 0.404 e. The first-order chi connectivity index (χ1) is 15.9. The number of carbonyl (C=O) groups is 2. The van der Waals surface area contributed by atoms with Crippen LogP contribution in [0.2, 0.25) is 0 Å². The smallest absolute Gasteiger partial charge is 0.404 e. The molecule has 1 aliphatic rings. The second-order valence-corrected chi connectivity index (χ2v) is 8.47. The number of aromatic nitrogens is 5. The van der Waals surface area contributed by atoms with Crippen molar-refractivity contribution in [1.29, 1.82) is 0 Å². The molecule has 0 unspecified atom stereocenters. The number of nitrogens with zero attached hydrogens (tertiary/aromatic N) is 5. The molecule has 0 aliphatic heterocycles. The lowest BCUT2D eigenvalue weighted by molar-refractivity contribution is 0.100. The summed E-state index contributed by atoms with van der Waals surface area (Å²) < 4.78 is 0.762. The monoisotopic (exact) mass is 515 g/mol. The van der Waals surface area contributed by atoms with Crippen molar-refractivity contribution in [3.05, 3.63) is 46.8 Å². The zero-order valence-corrected chi connectivity index (χ0v) is 19.0. The number of nitrogens with two attached hydrogens (primary N) is 1. The van der Waals surface area contributed by atoms with Gasteiger partial charge in [0.15, 0.2) is 0 Å². The molecule has 0 radical (unpaired) electrons. The fourth-order valence-electron chi connectivity index (χ4n) is 3.78. The first-order valence-corrected chi connectivity index (χ1v) is 11.1. The standard InChI is InChI=1S/C20H22BrN9O3/c21-11-7-12(9-13(8-11)30-24-5-6-25-30)26-18-14(17(22)31)10-23-19(29-18)27-15-3-1-2-4-16(15)28-20(32)33/h5-10,15-16,28H,1-4H2,(H2,22,31)(H,32,33)(H2,23,26,27,29)/t15-,16+/m1/s1. The quantitative estimate of drug-likeness (QED) is 0.316. The Morgan fingerprint density at radius 3 is 2.55 bits per heavy atom. The van der Waals surface area contributed by atoms with Gasteiger partial charge in [0.25, 0.3) is 5.91 Å². The predicted octanol–water partition coefficient (Wildman–Crippen LogP) is 2.65. The van der Waals surface area contributed by atoms with Gasteiger partial charge in [-0.1, -0.05) is 28.8 Å². The highest BCUT2D eigenvalue weighted by atomic mass is 79.9. The van der Waals surface area contributed by atoms with E-state index < -0.39 is 12.0 Å². The van der Waals surface area contributed by atoms with Gasteiger partial charge in [-0.2, -0.15) is 20.0 Å². The second-order valence-electron chi connectivity index (χ2n) is 7.55. The van der Waals surface area contributed by atoms with Crippen LogP contribution < -0.4 is 21.7 Å². The lowest BCUT2D eigenvalue weighted by atomic mass is 9.90. The largest absolute Gasteiger partial charge is 0.465 e. The Labute approximate surface area is 197 Å². The average Bonchev–Trinajstić information content (AvgIpc) is 3.29. The fraction of sp³-hybridized carbons (Fsp3) is 0.300. The number of rotatable bonds is 7. The molecule has 2 amide bonds. The molecule has 0 saturated heterocycles. The van der Waals surface area contributed by atoms with Crippen molar-refractivity contribution < 1.29 is 14.7 Å². The molecule has 33 heavy (non-hydrogen) atoms. The third-order valence-electron chi connectivity index (χ3n) is 5.24. The molecular weight excluding hydrogens is 494 g/mol. The van der Waals surface area contributed by atoms with Gasteiger partial charge in [0.1, 0.15) is 11.4 Å². The zero-order chi connectivity index (χ0) is 23.4. The molecule has 13 heteroatoms. The fourth-order valence-corrected chi connectivity index (χ4v) is 4.26. The molecule has 1 saturated carbocycles. The molecule has 2 heterocycles. The number of hydrogen-bond donors (Lipinski definition) is 5. The molecule has 172 valence electrons. The van der Waals surface area contributed by atoms with Gasteiger partial charge in [-0.05, 0) is 31.0 Å². The molecule has 1 aliphatic carbocycles. The molecule has 12 nitrogen and oxygen atoms in total. The summed E-state index contributed by atoms with van der Waals surface area (Å²) in [5, 5.41) is 26.2. The third kappa shape index (κ3) is 5.55. The molecule has 2 aromatic heterocycles. The van der Waals surface area contributed by atoms with Crippen LogP contribution in [0.4, 0.5) is 22.2 Å². The number of halogens is 1. The first kappa shape index (κ1) is 22.5. The topological polar surface area (TPSA) is 173 Å². The predicted molar refractivity (Wildman–Crippen MR) is 124 cm³/mol. The number of anilines is 3. The maximum atomic E-state index is 12.0. The molecule has 4 rings (SSSR count). The summed E-state index contributed by atoms with van der Waals surface area (Å²) in [6, 6.07) is 5.00. The van der Waals surface area contributed by atoms with Crippen LogP contribution in [0.3, 0.4) is 0 Å². The van der Waals surface area contributed by atoms with Crippen LogP contribution in [0.15, 0.2) is 41.3 Å². The molecule has 3 aromatic rings. The van der Waals surface area contributed by atoms with Gasteiger partial charge in [-0.3, -0.25) is 4.79 Å². The number of nitrogens with one attached hydrogen (secondary N) is 3. The van der Waals surface area contributed by atoms with Crippen molar-refractivity contribution in [3.8, 4) is 5.69 Å². The van der Waals surface area contributed by atoms with E-state index in [1.165, 1.54) is 11.0 Å². The number of carboxylic acid groups (broad SMARTS) is 1. The Morgan fingerprint density at radius 1 is 1.12 bits per heavy atom. The number of hydrogen-bond acceptors (Lipinski definition) is 8. The van der Waals surface area contributed by atoms with Crippen molar-refractivity contribution in [2.24, 2.45) is 5.73 Å². The van der Waals surface area contributed by atoms with E-state index >= 15 is 0 Å². The number of primary amides is 1. The van der Waals surface area contributed by atoms with Gasteiger partial charge < -0.3 is 26.8 Å². The molecule has 6 N–H and O–H groups in total. The van der Waals surface area contributed by atoms with Gasteiger partial charge in [0.05, 0.1) is 24.1 Å². The summed E-state index contributed by atoms with van der Waals surface area (Å²) in [7, 11) is 0. The highest BCUT2D eigenvalue weighted by molar-refractivity contribution is 9.10. The van der Waals surface area contributed by atoms with Crippen LogP contribution >= 0.6 is 15.9 Å². The van der Waals surface area contributed by atoms with Crippen molar-refractivity contribution in [2.75, 3.05) is 10.6 Å². The highest BCUT2D eigenvalue weighted by Crippen LogP contribution is 2.27. The van der Waals surface area contributed by atoms with Gasteiger partial charge >= 0.3 is 6.09 Å². The lowest BCUT2D eigenvalue weighted by Gasteiger charge is -2.32. The summed E-state index contributed by atoms with van der Waals surface area (Å²) in [4.78, 5) is 33.2. The van der Waals surface area contributed by atoms with Gasteiger partial charge in [0, 0.05) is 22.4 Å². The van der Waals surface area contributed by atoms with E-state index in [1.54, 1.807) is 24.5 Å². The van der Waals surface area contributed by atoms with Crippen LogP contribution in [0.25, 0.3) is 5.69 Å². The Bertz CT molecular complexity index is 1160. The van der Waals surface area contributed by atoms with E-state index in [9.17, 15) is 9.59 Å². The van der Waals surface area contributed by atoms with Crippen LogP contribution in [-0.4, -0.2) is 54.2 Å². The number of carbonyl (C=O) groups excluding carboxylic acids is 1. The van der Waals surface area contributed by atoms with Gasteiger partial charge in [0.2, 0.25) is 5.95 Å². The first-order valence-electron chi connectivity index (χ1n) is 10.3. The van der Waals surface area contributed by atoms with Crippen LogP contribution in [0.1, 0.15) is 36.0 Å². The van der Waals surface area contributed by atoms with Crippen molar-refractivity contribution in [3.63, 3.8) is 0 Å². The van der Waals surface area contributed by atoms with Crippen molar-refractivity contribution in [2.45, 2.75) is 37.8 Å². The van der Waals surface area contributed by atoms with Crippen LogP contribution in [0, 0.1) is 0 Å². The van der Waals surface area contributed by atoms with E-state index in [2.05, 4.69) is 52.0 Å². The minimum atomic E-state index is -1.07. The van der Waals surface area contributed by atoms with Gasteiger partial charge in [-0.15, -0.1) is 0 Å². The van der Waals surface area contributed by atoms with E-state index in [4.69, 9.17) is 10.8 Å². The average molecular weight is 516 g/mol. The maximum absolute atomic E-state index is 12.0. The number of amides is 2. The second kappa shape index (κ2) is 9.81. The zero-order valence-electron chi connectivity index (χ0n) is 17.4. The Hall–Kier alpha value is -3.74. The van der Waals surface area contributed by atoms with E-state index in [0.29, 0.717) is 11.4 Å². The normalized spacial score (nSPS) is 17.8. The molecular formula is C20H22BrN9O3. The highest BCUT2D eigenvalue weighted by Gasteiger charge is 2.27. The summed E-state index contributed by atoms with van der Waals surface area (Å²) in [6.45, 7) is 0. The summed E-state index contributed by atoms with van der Waals surface area (Å²) >= 11 is 3.47. The Morgan fingerprint density at radius 2 is 1.85 bits per heavy atom. The minimum absolute atomic E-state index is 0.114. The molecule has 0 spiro atoms. The van der Waals surface area contributed by atoms with Crippen molar-refractivity contribution >= 4 is 45.4 Å². The summed E-state index contributed by atoms with van der Waals surface area (Å²) in [5.41, 5.74) is 6.95. The third-order valence-corrected chi connectivity index (χ3v) is 5.70. The molecule has 0 bridgehead atoms. The van der Waals surface area contributed by atoms with E-state index in [1.807, 2.05) is 6.07 Å². The SMILES string of the molecule is NC(=O)c1cnc(N[C@@H]2CCCC[C@@H]2NC(=O)O)nc1Nc1cc(Br)cc(-n2nccn2)c1. The Kier molecular flexibility index (Phi) is 6.68.